The highest BCUT2D eigenvalue weighted by molar-refractivity contribution is 5.95. The Labute approximate surface area is 125 Å². The van der Waals surface area contributed by atoms with Crippen molar-refractivity contribution in [3.8, 4) is 11.8 Å². The molecule has 0 aromatic heterocycles. The van der Waals surface area contributed by atoms with Crippen molar-refractivity contribution in [2.24, 2.45) is 5.73 Å². The first-order valence-corrected chi connectivity index (χ1v) is 6.80. The fourth-order valence-electron chi connectivity index (χ4n) is 2.21. The van der Waals surface area contributed by atoms with Gasteiger partial charge in [-0.05, 0) is 17.7 Å². The van der Waals surface area contributed by atoms with E-state index in [1.54, 1.807) is 17.1 Å². The molecule has 0 unspecified atom stereocenters. The zero-order valence-corrected chi connectivity index (χ0v) is 11.9. The van der Waals surface area contributed by atoms with Gasteiger partial charge in [-0.2, -0.15) is 0 Å². The van der Waals surface area contributed by atoms with Crippen LogP contribution in [0.25, 0.3) is 0 Å². The lowest BCUT2D eigenvalue weighted by Gasteiger charge is -2.26. The van der Waals surface area contributed by atoms with E-state index in [0.717, 1.165) is 22.4 Å². The van der Waals surface area contributed by atoms with Gasteiger partial charge in [-0.1, -0.05) is 49.3 Å². The van der Waals surface area contributed by atoms with Gasteiger partial charge in [0.2, 0.25) is 5.91 Å². The molecule has 0 atom stereocenters. The standard InChI is InChI=1S/C18H18N2O/c1-3-14-9-10-16-7-5-6-8-17(16)20(13-15(14)4-2)18(21)11-12-19/h3-8H,1-2,11-13,19H2/b15-14-. The molecule has 2 N–H and O–H groups in total. The molecule has 1 amide bonds. The summed E-state index contributed by atoms with van der Waals surface area (Å²) in [4.78, 5) is 14.1. The van der Waals surface area contributed by atoms with Crippen LogP contribution in [-0.4, -0.2) is 19.0 Å². The number of allylic oxidation sites excluding steroid dienone is 2. The summed E-state index contributed by atoms with van der Waals surface area (Å²) in [5.41, 5.74) is 8.84. The molecule has 0 bridgehead atoms. The zero-order valence-electron chi connectivity index (χ0n) is 11.9. The topological polar surface area (TPSA) is 46.3 Å². The van der Waals surface area contributed by atoms with Crippen molar-refractivity contribution in [3.05, 3.63) is 66.3 Å². The van der Waals surface area contributed by atoms with Crippen LogP contribution in [-0.2, 0) is 4.79 Å². The molecular formula is C18H18N2O. The number of anilines is 1. The summed E-state index contributed by atoms with van der Waals surface area (Å²) in [5.74, 6) is 6.19. The minimum atomic E-state index is -0.0172. The number of fused-ring (bicyclic) bond motifs is 1. The average Bonchev–Trinajstić information content (AvgIpc) is 2.49. The Morgan fingerprint density at radius 2 is 2.05 bits per heavy atom. The summed E-state index contributed by atoms with van der Waals surface area (Å²) in [5, 5.41) is 0. The highest BCUT2D eigenvalue weighted by atomic mass is 16.2. The van der Waals surface area contributed by atoms with Crippen LogP contribution in [0.3, 0.4) is 0 Å². The van der Waals surface area contributed by atoms with Crippen molar-refractivity contribution in [2.75, 3.05) is 18.0 Å². The Hall–Kier alpha value is -2.57. The van der Waals surface area contributed by atoms with Gasteiger partial charge in [-0.15, -0.1) is 0 Å². The Bertz CT molecular complexity index is 674. The number of para-hydroxylation sites is 1. The quantitative estimate of drug-likeness (QED) is 0.860. The number of nitrogens with two attached hydrogens (primary N) is 1. The third-order valence-corrected chi connectivity index (χ3v) is 3.31. The van der Waals surface area contributed by atoms with Crippen LogP contribution < -0.4 is 10.6 Å². The molecule has 1 heterocycles. The monoisotopic (exact) mass is 278 g/mol. The van der Waals surface area contributed by atoms with Gasteiger partial charge in [-0.3, -0.25) is 4.79 Å². The molecule has 0 fully saturated rings. The molecule has 1 aromatic rings. The first-order chi connectivity index (χ1) is 10.2. The first-order valence-electron chi connectivity index (χ1n) is 6.80. The van der Waals surface area contributed by atoms with E-state index in [1.165, 1.54) is 0 Å². The maximum Gasteiger partial charge on any atom is 0.228 e. The van der Waals surface area contributed by atoms with E-state index >= 15 is 0 Å². The molecule has 0 saturated carbocycles. The molecule has 21 heavy (non-hydrogen) atoms. The van der Waals surface area contributed by atoms with E-state index in [0.29, 0.717) is 19.5 Å². The van der Waals surface area contributed by atoms with Gasteiger partial charge in [0.05, 0.1) is 12.2 Å². The van der Waals surface area contributed by atoms with Crippen molar-refractivity contribution >= 4 is 11.6 Å². The summed E-state index contributed by atoms with van der Waals surface area (Å²) < 4.78 is 0. The molecule has 3 heteroatoms. The maximum atomic E-state index is 12.4. The molecule has 1 aliphatic heterocycles. The van der Waals surface area contributed by atoms with Crippen LogP contribution in [0.2, 0.25) is 0 Å². The third kappa shape index (κ3) is 3.13. The van der Waals surface area contributed by atoms with E-state index in [1.807, 2.05) is 24.3 Å². The number of amides is 1. The molecule has 0 spiro atoms. The minimum Gasteiger partial charge on any atom is -0.330 e. The van der Waals surface area contributed by atoms with Crippen molar-refractivity contribution < 1.29 is 4.79 Å². The number of carbonyl (C=O) groups is 1. The van der Waals surface area contributed by atoms with Gasteiger partial charge in [0.1, 0.15) is 0 Å². The van der Waals surface area contributed by atoms with Crippen molar-refractivity contribution in [1.82, 2.24) is 0 Å². The van der Waals surface area contributed by atoms with Gasteiger partial charge in [0.15, 0.2) is 0 Å². The lowest BCUT2D eigenvalue weighted by Crippen LogP contribution is -2.35. The first kappa shape index (κ1) is 14.8. The van der Waals surface area contributed by atoms with Crippen molar-refractivity contribution in [2.45, 2.75) is 6.42 Å². The number of carbonyl (C=O) groups excluding carboxylic acids is 1. The van der Waals surface area contributed by atoms with E-state index < -0.39 is 0 Å². The largest absolute Gasteiger partial charge is 0.330 e. The number of hydrogen-bond acceptors (Lipinski definition) is 2. The summed E-state index contributed by atoms with van der Waals surface area (Å²) in [7, 11) is 0. The predicted molar refractivity (Wildman–Crippen MR) is 86.8 cm³/mol. The van der Waals surface area contributed by atoms with E-state index in [2.05, 4.69) is 25.0 Å². The fraction of sp³-hybridized carbons (Fsp3) is 0.167. The number of hydrogen-bond donors (Lipinski definition) is 1. The van der Waals surface area contributed by atoms with E-state index in [-0.39, 0.29) is 5.91 Å². The molecule has 1 aromatic carbocycles. The summed E-state index contributed by atoms with van der Waals surface area (Å²) in [6.07, 6.45) is 3.72. The van der Waals surface area contributed by atoms with Crippen LogP contribution >= 0.6 is 0 Å². The molecule has 1 aliphatic rings. The van der Waals surface area contributed by atoms with Gasteiger partial charge in [0, 0.05) is 24.1 Å². The minimum absolute atomic E-state index is 0.0172. The van der Waals surface area contributed by atoms with Crippen LogP contribution in [0, 0.1) is 11.8 Å². The average molecular weight is 278 g/mol. The third-order valence-electron chi connectivity index (χ3n) is 3.31. The van der Waals surface area contributed by atoms with E-state index in [9.17, 15) is 4.79 Å². The van der Waals surface area contributed by atoms with Gasteiger partial charge < -0.3 is 10.6 Å². The van der Waals surface area contributed by atoms with Crippen molar-refractivity contribution in [3.63, 3.8) is 0 Å². The van der Waals surface area contributed by atoms with Crippen LogP contribution in [0.5, 0.6) is 0 Å². The maximum absolute atomic E-state index is 12.4. The zero-order chi connectivity index (χ0) is 15.2. The van der Waals surface area contributed by atoms with Crippen LogP contribution in [0.4, 0.5) is 5.69 Å². The lowest BCUT2D eigenvalue weighted by molar-refractivity contribution is -0.118. The molecule has 0 saturated heterocycles. The molecular weight excluding hydrogens is 260 g/mol. The van der Waals surface area contributed by atoms with Crippen LogP contribution in [0.1, 0.15) is 12.0 Å². The number of rotatable bonds is 4. The van der Waals surface area contributed by atoms with E-state index in [4.69, 9.17) is 5.73 Å². The van der Waals surface area contributed by atoms with Gasteiger partial charge in [-0.25, -0.2) is 0 Å². The predicted octanol–water partition coefficient (Wildman–Crippen LogP) is 2.40. The Balaban J connectivity index is 2.59. The van der Waals surface area contributed by atoms with Gasteiger partial charge >= 0.3 is 0 Å². The van der Waals surface area contributed by atoms with Crippen molar-refractivity contribution in [1.29, 1.82) is 0 Å². The normalized spacial score (nSPS) is 16.9. The lowest BCUT2D eigenvalue weighted by atomic mass is 10.0. The number of nitrogens with zero attached hydrogens (tertiary/aromatic N) is 1. The van der Waals surface area contributed by atoms with Gasteiger partial charge in [0.25, 0.3) is 0 Å². The summed E-state index contributed by atoms with van der Waals surface area (Å²) >= 11 is 0. The molecule has 0 radical (unpaired) electrons. The smallest absolute Gasteiger partial charge is 0.228 e. The highest BCUT2D eigenvalue weighted by Crippen LogP contribution is 2.24. The fourth-order valence-corrected chi connectivity index (χ4v) is 2.21. The van der Waals surface area contributed by atoms with Crippen LogP contribution in [0.15, 0.2) is 60.7 Å². The second kappa shape index (κ2) is 6.74. The highest BCUT2D eigenvalue weighted by Gasteiger charge is 2.20. The summed E-state index contributed by atoms with van der Waals surface area (Å²) in [6.45, 7) is 8.35. The molecule has 0 aliphatic carbocycles. The Morgan fingerprint density at radius 3 is 2.71 bits per heavy atom. The molecule has 2 rings (SSSR count). The second-order valence-corrected chi connectivity index (χ2v) is 4.63. The Kier molecular flexibility index (Phi) is 4.76. The second-order valence-electron chi connectivity index (χ2n) is 4.63. The summed E-state index contributed by atoms with van der Waals surface area (Å²) in [6, 6.07) is 7.62. The SMILES string of the molecule is C=C/C1=C(\C=C)CN(C(=O)CCN)c2ccccc2C#C1. The molecule has 3 nitrogen and oxygen atoms in total. The Morgan fingerprint density at radius 1 is 1.29 bits per heavy atom. The molecule has 106 valence electrons. The number of benzene rings is 1.